The lowest BCUT2D eigenvalue weighted by atomic mass is 10.1. The van der Waals surface area contributed by atoms with Crippen molar-refractivity contribution < 1.29 is 9.59 Å². The van der Waals surface area contributed by atoms with Crippen LogP contribution in [0.2, 0.25) is 0 Å². The molecule has 0 bridgehead atoms. The van der Waals surface area contributed by atoms with Crippen molar-refractivity contribution in [3.8, 4) is 11.4 Å². The van der Waals surface area contributed by atoms with E-state index in [9.17, 15) is 9.59 Å². The average Bonchev–Trinajstić information content (AvgIpc) is 3.08. The zero-order chi connectivity index (χ0) is 22.4. The van der Waals surface area contributed by atoms with Gasteiger partial charge in [0, 0.05) is 24.6 Å². The first-order valence-corrected chi connectivity index (χ1v) is 10.4. The van der Waals surface area contributed by atoms with Gasteiger partial charge in [-0.3, -0.25) is 14.5 Å². The Labute approximate surface area is 186 Å². The van der Waals surface area contributed by atoms with Gasteiger partial charge in [0.15, 0.2) is 10.6 Å². The van der Waals surface area contributed by atoms with Gasteiger partial charge in [-0.2, -0.15) is 5.10 Å². The highest BCUT2D eigenvalue weighted by Gasteiger charge is 2.13. The minimum Gasteiger partial charge on any atom is -0.336 e. The predicted molar refractivity (Wildman–Crippen MR) is 125 cm³/mol. The summed E-state index contributed by atoms with van der Waals surface area (Å²) < 4.78 is 2.26. The molecule has 0 aliphatic rings. The number of H-pyrrole nitrogens is 1. The zero-order valence-corrected chi connectivity index (χ0v) is 18.5. The molecule has 0 spiro atoms. The summed E-state index contributed by atoms with van der Waals surface area (Å²) in [4.78, 5) is 24.6. The largest absolute Gasteiger partial charge is 0.336 e. The normalized spacial score (nSPS) is 10.7. The summed E-state index contributed by atoms with van der Waals surface area (Å²) in [7, 11) is 0. The molecule has 0 unspecified atom stereocenters. The second-order valence-corrected chi connectivity index (χ2v) is 7.85. The van der Waals surface area contributed by atoms with Gasteiger partial charge in [0.2, 0.25) is 5.91 Å². The van der Waals surface area contributed by atoms with Crippen LogP contribution in [0.25, 0.3) is 11.4 Å². The fraction of sp³-hybridized carbons (Fsp3) is 0.273. The molecule has 0 fully saturated rings. The van der Waals surface area contributed by atoms with Crippen LogP contribution >= 0.6 is 12.2 Å². The van der Waals surface area contributed by atoms with Crippen LogP contribution < -0.4 is 16.0 Å². The minimum absolute atomic E-state index is 0.00375. The van der Waals surface area contributed by atoms with Crippen LogP contribution in [0, 0.1) is 11.7 Å². The highest BCUT2D eigenvalue weighted by atomic mass is 32.1. The Hall–Kier alpha value is -3.46. The number of amides is 3. The van der Waals surface area contributed by atoms with E-state index in [4.69, 9.17) is 12.2 Å². The predicted octanol–water partition coefficient (Wildman–Crippen LogP) is 4.47. The summed E-state index contributed by atoms with van der Waals surface area (Å²) in [5.74, 6) is 0.488. The van der Waals surface area contributed by atoms with Gasteiger partial charge < -0.3 is 16.0 Å². The molecule has 1 heterocycles. The Bertz CT molecular complexity index is 1120. The van der Waals surface area contributed by atoms with E-state index < -0.39 is 0 Å². The fourth-order valence-corrected chi connectivity index (χ4v) is 3.22. The number of carbonyl (C=O) groups excluding carboxylic acids is 2. The van der Waals surface area contributed by atoms with E-state index in [1.165, 1.54) is 0 Å². The van der Waals surface area contributed by atoms with Crippen molar-refractivity contribution in [3.63, 3.8) is 0 Å². The number of aromatic nitrogens is 3. The second-order valence-electron chi connectivity index (χ2n) is 7.47. The molecule has 3 aromatic rings. The lowest BCUT2D eigenvalue weighted by Crippen LogP contribution is -2.34. The number of hydrogen-bond acceptors (Lipinski definition) is 4. The molecule has 4 N–H and O–H groups in total. The molecule has 0 aliphatic heterocycles. The molecule has 8 nitrogen and oxygen atoms in total. The summed E-state index contributed by atoms with van der Waals surface area (Å²) in [5, 5.41) is 15.5. The first-order valence-electron chi connectivity index (χ1n) is 10.0. The topological polar surface area (TPSA) is 104 Å². The van der Waals surface area contributed by atoms with E-state index in [0.717, 1.165) is 11.1 Å². The van der Waals surface area contributed by atoms with Crippen LogP contribution in [-0.2, 0) is 11.3 Å². The van der Waals surface area contributed by atoms with Gasteiger partial charge in [-0.1, -0.05) is 42.0 Å². The van der Waals surface area contributed by atoms with Gasteiger partial charge in [-0.15, -0.1) is 0 Å². The molecule has 0 aliphatic carbocycles. The highest BCUT2D eigenvalue weighted by Crippen LogP contribution is 2.22. The maximum Gasteiger partial charge on any atom is 0.319 e. The van der Waals surface area contributed by atoms with Gasteiger partial charge in [-0.25, -0.2) is 4.79 Å². The van der Waals surface area contributed by atoms with E-state index >= 15 is 0 Å². The number of urea groups is 1. The molecule has 3 amide bonds. The number of anilines is 2. The summed E-state index contributed by atoms with van der Waals surface area (Å²) in [6.45, 7) is 6.14. The summed E-state index contributed by atoms with van der Waals surface area (Å²) in [5.41, 5.74) is 3.12. The molecule has 2 aromatic carbocycles. The first-order chi connectivity index (χ1) is 14.8. The van der Waals surface area contributed by atoms with Gasteiger partial charge in [0.1, 0.15) is 0 Å². The SMILES string of the molecule is Cc1ccc(-c2n[nH]c(=S)n2CCC(=O)Nc2ccccc2NC(=O)NC(C)C)cc1. The molecular formula is C22H26N6O2S. The van der Waals surface area contributed by atoms with Gasteiger partial charge in [0.25, 0.3) is 0 Å². The van der Waals surface area contributed by atoms with Crippen LogP contribution in [0.4, 0.5) is 16.2 Å². The number of para-hydroxylation sites is 2. The number of aromatic amines is 1. The number of rotatable bonds is 7. The molecule has 31 heavy (non-hydrogen) atoms. The van der Waals surface area contributed by atoms with E-state index in [1.54, 1.807) is 28.8 Å². The number of hydrogen-bond donors (Lipinski definition) is 4. The van der Waals surface area contributed by atoms with Crippen molar-refractivity contribution >= 4 is 35.5 Å². The van der Waals surface area contributed by atoms with Crippen molar-refractivity contribution in [2.24, 2.45) is 0 Å². The smallest absolute Gasteiger partial charge is 0.319 e. The third kappa shape index (κ3) is 6.02. The lowest BCUT2D eigenvalue weighted by molar-refractivity contribution is -0.116. The molecule has 0 radical (unpaired) electrons. The number of nitrogens with zero attached hydrogens (tertiary/aromatic N) is 2. The Balaban J connectivity index is 1.67. The van der Waals surface area contributed by atoms with Crippen molar-refractivity contribution in [3.05, 3.63) is 58.9 Å². The summed E-state index contributed by atoms with van der Waals surface area (Å²) in [6.07, 6.45) is 0.194. The fourth-order valence-electron chi connectivity index (χ4n) is 3.00. The molecule has 0 saturated heterocycles. The average molecular weight is 439 g/mol. The molecule has 3 rings (SSSR count). The van der Waals surface area contributed by atoms with Crippen molar-refractivity contribution in [2.75, 3.05) is 10.6 Å². The van der Waals surface area contributed by atoms with E-state index in [1.807, 2.05) is 45.0 Å². The molecular weight excluding hydrogens is 412 g/mol. The third-order valence-electron chi connectivity index (χ3n) is 4.50. The molecule has 1 aromatic heterocycles. The standard InChI is InChI=1S/C22H26N6O2S/c1-14(2)23-21(30)25-18-7-5-4-6-17(18)24-19(29)12-13-28-20(26-27-22(28)31)16-10-8-15(3)9-11-16/h4-11,14H,12-13H2,1-3H3,(H,24,29)(H,27,31)(H2,23,25,30). The third-order valence-corrected chi connectivity index (χ3v) is 4.81. The number of aryl methyl sites for hydroxylation is 1. The van der Waals surface area contributed by atoms with Crippen LogP contribution in [0.1, 0.15) is 25.8 Å². The van der Waals surface area contributed by atoms with E-state index in [0.29, 0.717) is 28.5 Å². The number of nitrogens with one attached hydrogen (secondary N) is 4. The highest BCUT2D eigenvalue weighted by molar-refractivity contribution is 7.71. The van der Waals surface area contributed by atoms with Gasteiger partial charge in [0.05, 0.1) is 11.4 Å². The van der Waals surface area contributed by atoms with E-state index in [-0.39, 0.29) is 24.4 Å². The maximum atomic E-state index is 12.6. The minimum atomic E-state index is -0.329. The second kappa shape index (κ2) is 10.0. The lowest BCUT2D eigenvalue weighted by Gasteiger charge is -2.14. The Morgan fingerprint density at radius 2 is 1.71 bits per heavy atom. The van der Waals surface area contributed by atoms with Crippen LogP contribution in [0.15, 0.2) is 48.5 Å². The quantitative estimate of drug-likeness (QED) is 0.409. The molecule has 9 heteroatoms. The van der Waals surface area contributed by atoms with Crippen LogP contribution in [0.5, 0.6) is 0 Å². The first kappa shape index (κ1) is 22.2. The Kier molecular flexibility index (Phi) is 7.19. The molecule has 162 valence electrons. The zero-order valence-electron chi connectivity index (χ0n) is 17.7. The van der Waals surface area contributed by atoms with Crippen molar-refractivity contribution in [1.82, 2.24) is 20.1 Å². The molecule has 0 atom stereocenters. The Morgan fingerprint density at radius 1 is 1.06 bits per heavy atom. The number of carbonyl (C=O) groups is 2. The van der Waals surface area contributed by atoms with Crippen LogP contribution in [-0.4, -0.2) is 32.7 Å². The van der Waals surface area contributed by atoms with Crippen LogP contribution in [0.3, 0.4) is 0 Å². The summed E-state index contributed by atoms with van der Waals surface area (Å²) >= 11 is 5.34. The molecule has 0 saturated carbocycles. The van der Waals surface area contributed by atoms with Gasteiger partial charge in [-0.05, 0) is 45.1 Å². The maximum absolute atomic E-state index is 12.6. The number of benzene rings is 2. The van der Waals surface area contributed by atoms with Crippen molar-refractivity contribution in [2.45, 2.75) is 39.8 Å². The van der Waals surface area contributed by atoms with Gasteiger partial charge >= 0.3 is 6.03 Å². The Morgan fingerprint density at radius 3 is 2.35 bits per heavy atom. The monoisotopic (exact) mass is 438 g/mol. The van der Waals surface area contributed by atoms with E-state index in [2.05, 4.69) is 26.1 Å². The van der Waals surface area contributed by atoms with Crippen molar-refractivity contribution in [1.29, 1.82) is 0 Å². The summed E-state index contributed by atoms with van der Waals surface area (Å²) in [6, 6.07) is 14.7.